The molecule has 0 fully saturated rings. The molecule has 21 heavy (non-hydrogen) atoms. The fourth-order valence-electron chi connectivity index (χ4n) is 1.72. The van der Waals surface area contributed by atoms with Crippen LogP contribution in [0, 0.1) is 10.1 Å². The molecule has 0 spiro atoms. The van der Waals surface area contributed by atoms with Crippen LogP contribution in [0.25, 0.3) is 0 Å². The van der Waals surface area contributed by atoms with Crippen LogP contribution in [0.2, 0.25) is 0 Å². The third-order valence-corrected chi connectivity index (χ3v) is 4.66. The Kier molecular flexibility index (Phi) is 3.76. The zero-order chi connectivity index (χ0) is 15.6. The van der Waals surface area contributed by atoms with Crippen LogP contribution in [0.3, 0.4) is 0 Å². The van der Waals surface area contributed by atoms with E-state index in [1.807, 2.05) is 0 Å². The normalized spacial score (nSPS) is 11.1. The Bertz CT molecular complexity index is 777. The average Bonchev–Trinajstić information content (AvgIpc) is 2.47. The Labute approximate surface area is 121 Å². The number of nitro benzene ring substituents is 1. The van der Waals surface area contributed by atoms with Crippen LogP contribution in [0.1, 0.15) is 0 Å². The van der Waals surface area contributed by atoms with E-state index in [4.69, 9.17) is 5.73 Å². The van der Waals surface area contributed by atoms with Gasteiger partial charge in [-0.3, -0.25) is 19.4 Å². The number of nitrogens with two attached hydrogens (primary N) is 1. The Morgan fingerprint density at radius 2 is 2.05 bits per heavy atom. The van der Waals surface area contributed by atoms with Gasteiger partial charge in [-0.2, -0.15) is 0 Å². The molecular formula is C12H12N4O4S. The van der Waals surface area contributed by atoms with Crippen molar-refractivity contribution in [2.24, 2.45) is 0 Å². The van der Waals surface area contributed by atoms with Crippen LogP contribution in [-0.4, -0.2) is 25.4 Å². The van der Waals surface area contributed by atoms with Gasteiger partial charge in [0, 0.05) is 25.0 Å². The lowest BCUT2D eigenvalue weighted by molar-refractivity contribution is -0.387. The van der Waals surface area contributed by atoms with Crippen LogP contribution >= 0.6 is 0 Å². The summed E-state index contributed by atoms with van der Waals surface area (Å²) < 4.78 is 26.0. The van der Waals surface area contributed by atoms with Gasteiger partial charge >= 0.3 is 0 Å². The standard InChI is InChI=1S/C12H12N4O4S/c1-15(10-3-2-6-14-8-10)21(19,20)12-5-4-9(13)7-11(12)16(17)18/h2-8H,13H2,1H3. The van der Waals surface area contributed by atoms with Gasteiger partial charge in [-0.1, -0.05) is 0 Å². The Balaban J connectivity index is 2.57. The first-order valence-corrected chi connectivity index (χ1v) is 7.21. The van der Waals surface area contributed by atoms with Crippen molar-refractivity contribution in [2.45, 2.75) is 4.90 Å². The van der Waals surface area contributed by atoms with Gasteiger partial charge < -0.3 is 5.73 Å². The van der Waals surface area contributed by atoms with Gasteiger partial charge in [-0.15, -0.1) is 0 Å². The molecule has 0 radical (unpaired) electrons. The van der Waals surface area contributed by atoms with Crippen molar-refractivity contribution in [2.75, 3.05) is 17.1 Å². The maximum Gasteiger partial charge on any atom is 0.291 e. The molecule has 2 rings (SSSR count). The minimum absolute atomic E-state index is 0.115. The summed E-state index contributed by atoms with van der Waals surface area (Å²) >= 11 is 0. The van der Waals surface area contributed by atoms with Crippen molar-refractivity contribution in [3.05, 3.63) is 52.8 Å². The highest BCUT2D eigenvalue weighted by Crippen LogP contribution is 2.30. The minimum atomic E-state index is -4.09. The molecule has 0 bridgehead atoms. The summed E-state index contributed by atoms with van der Waals surface area (Å²) in [6.45, 7) is 0. The van der Waals surface area contributed by atoms with Crippen molar-refractivity contribution >= 4 is 27.1 Å². The maximum absolute atomic E-state index is 12.5. The molecule has 0 saturated heterocycles. The number of benzene rings is 1. The third-order valence-electron chi connectivity index (χ3n) is 2.83. The molecule has 110 valence electrons. The number of hydrogen-bond acceptors (Lipinski definition) is 6. The first kappa shape index (κ1) is 14.7. The molecule has 8 nitrogen and oxygen atoms in total. The number of nitrogen functional groups attached to an aromatic ring is 1. The summed E-state index contributed by atoms with van der Waals surface area (Å²) in [4.78, 5) is 13.7. The predicted molar refractivity (Wildman–Crippen MR) is 77.3 cm³/mol. The van der Waals surface area contributed by atoms with Gasteiger partial charge in [0.15, 0.2) is 4.90 Å². The van der Waals surface area contributed by atoms with E-state index >= 15 is 0 Å². The van der Waals surface area contributed by atoms with Gasteiger partial charge in [0.1, 0.15) is 0 Å². The second-order valence-corrected chi connectivity index (χ2v) is 6.11. The number of hydrogen-bond donors (Lipinski definition) is 1. The predicted octanol–water partition coefficient (Wildman–Crippen LogP) is 1.40. The number of rotatable bonds is 4. The lowest BCUT2D eigenvalue weighted by Gasteiger charge is -2.18. The van der Waals surface area contributed by atoms with E-state index in [2.05, 4.69) is 4.98 Å². The lowest BCUT2D eigenvalue weighted by atomic mass is 10.3. The fourth-order valence-corrected chi connectivity index (χ4v) is 3.04. The largest absolute Gasteiger partial charge is 0.399 e. The molecule has 1 aromatic carbocycles. The number of aromatic nitrogens is 1. The molecule has 0 aliphatic rings. The summed E-state index contributed by atoms with van der Waals surface area (Å²) in [7, 11) is -2.79. The highest BCUT2D eigenvalue weighted by Gasteiger charge is 2.30. The van der Waals surface area contributed by atoms with Crippen molar-refractivity contribution < 1.29 is 13.3 Å². The number of nitro groups is 1. The van der Waals surface area contributed by atoms with Crippen LogP contribution in [0.4, 0.5) is 17.1 Å². The van der Waals surface area contributed by atoms with Gasteiger partial charge in [-0.25, -0.2) is 8.42 Å². The second kappa shape index (κ2) is 5.37. The molecule has 1 aromatic heterocycles. The Hall–Kier alpha value is -2.68. The molecule has 0 aliphatic heterocycles. The molecule has 0 aliphatic carbocycles. The quantitative estimate of drug-likeness (QED) is 0.518. The summed E-state index contributed by atoms with van der Waals surface area (Å²) in [5, 5.41) is 11.0. The summed E-state index contributed by atoms with van der Waals surface area (Å²) in [6.07, 6.45) is 2.84. The average molecular weight is 308 g/mol. The highest BCUT2D eigenvalue weighted by atomic mass is 32.2. The molecule has 1 heterocycles. The zero-order valence-corrected chi connectivity index (χ0v) is 11.8. The van der Waals surface area contributed by atoms with E-state index in [1.54, 1.807) is 6.07 Å². The summed E-state index contributed by atoms with van der Waals surface area (Å²) in [5.74, 6) is 0. The number of sulfonamides is 1. The van der Waals surface area contributed by atoms with Gasteiger partial charge in [0.25, 0.3) is 15.7 Å². The topological polar surface area (TPSA) is 119 Å². The lowest BCUT2D eigenvalue weighted by Crippen LogP contribution is -2.27. The van der Waals surface area contributed by atoms with Gasteiger partial charge in [0.2, 0.25) is 0 Å². The first-order valence-electron chi connectivity index (χ1n) is 5.77. The van der Waals surface area contributed by atoms with Crippen molar-refractivity contribution in [3.8, 4) is 0 Å². The number of nitrogens with zero attached hydrogens (tertiary/aromatic N) is 3. The molecule has 9 heteroatoms. The van der Waals surface area contributed by atoms with E-state index in [-0.39, 0.29) is 5.69 Å². The number of pyridine rings is 1. The zero-order valence-electron chi connectivity index (χ0n) is 11.0. The second-order valence-electron chi connectivity index (χ2n) is 4.17. The third kappa shape index (κ3) is 2.77. The molecule has 2 aromatic rings. The fraction of sp³-hybridized carbons (Fsp3) is 0.0833. The minimum Gasteiger partial charge on any atom is -0.399 e. The van der Waals surface area contributed by atoms with Gasteiger partial charge in [0.05, 0.1) is 16.8 Å². The molecule has 0 unspecified atom stereocenters. The first-order chi connectivity index (χ1) is 9.84. The molecule has 0 saturated carbocycles. The smallest absolute Gasteiger partial charge is 0.291 e. The van der Waals surface area contributed by atoms with Crippen molar-refractivity contribution in [1.29, 1.82) is 0 Å². The van der Waals surface area contributed by atoms with Crippen molar-refractivity contribution in [1.82, 2.24) is 4.98 Å². The van der Waals surface area contributed by atoms with E-state index in [0.717, 1.165) is 16.4 Å². The van der Waals surface area contributed by atoms with Crippen LogP contribution in [0.15, 0.2) is 47.6 Å². The SMILES string of the molecule is CN(c1cccnc1)S(=O)(=O)c1ccc(N)cc1[N+](=O)[O-]. The van der Waals surface area contributed by atoms with Crippen LogP contribution in [0.5, 0.6) is 0 Å². The van der Waals surface area contributed by atoms with E-state index in [0.29, 0.717) is 5.69 Å². The molecule has 0 atom stereocenters. The molecule has 0 amide bonds. The highest BCUT2D eigenvalue weighted by molar-refractivity contribution is 7.93. The maximum atomic E-state index is 12.5. The Morgan fingerprint density at radius 1 is 1.33 bits per heavy atom. The van der Waals surface area contributed by atoms with E-state index in [9.17, 15) is 18.5 Å². The van der Waals surface area contributed by atoms with Crippen LogP contribution < -0.4 is 10.0 Å². The van der Waals surface area contributed by atoms with Crippen molar-refractivity contribution in [3.63, 3.8) is 0 Å². The molecule has 2 N–H and O–H groups in total. The number of anilines is 2. The van der Waals surface area contributed by atoms with E-state index in [1.165, 1.54) is 31.6 Å². The monoisotopic (exact) mass is 308 g/mol. The van der Waals surface area contributed by atoms with E-state index < -0.39 is 25.5 Å². The Morgan fingerprint density at radius 3 is 2.62 bits per heavy atom. The summed E-state index contributed by atoms with van der Waals surface area (Å²) in [5.41, 5.74) is 5.32. The molecular weight excluding hydrogens is 296 g/mol. The summed E-state index contributed by atoms with van der Waals surface area (Å²) in [6, 6.07) is 6.54. The van der Waals surface area contributed by atoms with Crippen LogP contribution in [-0.2, 0) is 10.0 Å². The van der Waals surface area contributed by atoms with Gasteiger partial charge in [-0.05, 0) is 24.3 Å².